The second kappa shape index (κ2) is 4.73. The van der Waals surface area contributed by atoms with E-state index in [0.29, 0.717) is 11.0 Å². The minimum atomic E-state index is -0.869. The first kappa shape index (κ1) is 13.1. The molecular weight excluding hydrogens is 305 g/mol. The number of nitrogen functional groups attached to an aromatic ring is 1. The minimum Gasteiger partial charge on any atom is -0.381 e. The lowest BCUT2D eigenvalue weighted by Gasteiger charge is -2.02. The summed E-state index contributed by atoms with van der Waals surface area (Å²) < 4.78 is 14.5. The lowest BCUT2D eigenvalue weighted by Crippen LogP contribution is -2.22. The molecule has 0 amide bonds. The van der Waals surface area contributed by atoms with Crippen LogP contribution in [0.4, 0.5) is 10.2 Å². The summed E-state index contributed by atoms with van der Waals surface area (Å²) in [6.07, 6.45) is 1.30. The van der Waals surface area contributed by atoms with Crippen LogP contribution in [-0.4, -0.2) is 35.7 Å². The van der Waals surface area contributed by atoms with E-state index < -0.39 is 11.9 Å². The highest BCUT2D eigenvalue weighted by molar-refractivity contribution is 6.01. The maximum atomic E-state index is 13.3. The number of hydrogen-bond donors (Lipinski definition) is 1. The van der Waals surface area contributed by atoms with Gasteiger partial charge in [-0.05, 0) is 17.3 Å². The SMILES string of the molecule is Nc1nn2ccc(F)nc2c1C(=O)On1nnc2ccccc21. The molecule has 4 rings (SSSR count). The predicted molar refractivity (Wildman–Crippen MR) is 75.8 cm³/mol. The van der Waals surface area contributed by atoms with Crippen molar-refractivity contribution in [2.45, 2.75) is 0 Å². The highest BCUT2D eigenvalue weighted by Crippen LogP contribution is 2.17. The molecule has 1 aromatic carbocycles. The second-order valence-corrected chi connectivity index (χ2v) is 4.61. The molecule has 3 heterocycles. The quantitative estimate of drug-likeness (QED) is 0.422. The Morgan fingerprint density at radius 1 is 1.26 bits per heavy atom. The average Bonchev–Trinajstić information content (AvgIpc) is 3.08. The van der Waals surface area contributed by atoms with Gasteiger partial charge in [-0.25, -0.2) is 9.31 Å². The number of anilines is 1. The zero-order valence-electron chi connectivity index (χ0n) is 11.4. The fraction of sp³-hybridized carbons (Fsp3) is 0. The van der Waals surface area contributed by atoms with Crippen LogP contribution in [0.25, 0.3) is 16.7 Å². The van der Waals surface area contributed by atoms with Crippen molar-refractivity contribution >= 4 is 28.5 Å². The van der Waals surface area contributed by atoms with Crippen LogP contribution >= 0.6 is 0 Å². The molecule has 0 aliphatic heterocycles. The molecule has 0 saturated carbocycles. The van der Waals surface area contributed by atoms with Crippen molar-refractivity contribution in [2.24, 2.45) is 0 Å². The van der Waals surface area contributed by atoms with E-state index in [1.165, 1.54) is 10.7 Å². The molecule has 0 radical (unpaired) electrons. The molecule has 23 heavy (non-hydrogen) atoms. The van der Waals surface area contributed by atoms with Crippen LogP contribution in [0.5, 0.6) is 0 Å². The maximum absolute atomic E-state index is 13.3. The number of fused-ring (bicyclic) bond motifs is 2. The van der Waals surface area contributed by atoms with Gasteiger partial charge in [0.1, 0.15) is 11.0 Å². The summed E-state index contributed by atoms with van der Waals surface area (Å²) in [7, 11) is 0. The summed E-state index contributed by atoms with van der Waals surface area (Å²) in [5.74, 6) is -1.76. The smallest absolute Gasteiger partial charge is 0.373 e. The van der Waals surface area contributed by atoms with Crippen LogP contribution in [0.1, 0.15) is 10.4 Å². The number of nitrogens with zero attached hydrogens (tertiary/aromatic N) is 6. The van der Waals surface area contributed by atoms with Gasteiger partial charge in [0.25, 0.3) is 0 Å². The number of rotatable bonds is 2. The van der Waals surface area contributed by atoms with Crippen molar-refractivity contribution < 1.29 is 14.0 Å². The molecule has 9 nitrogen and oxygen atoms in total. The maximum Gasteiger partial charge on any atom is 0.373 e. The van der Waals surface area contributed by atoms with Crippen LogP contribution < -0.4 is 10.6 Å². The van der Waals surface area contributed by atoms with Crippen molar-refractivity contribution in [1.82, 2.24) is 29.8 Å². The Hall–Kier alpha value is -3.56. The number of aromatic nitrogens is 6. The molecule has 3 aromatic heterocycles. The molecular formula is C13H8FN7O2. The van der Waals surface area contributed by atoms with E-state index in [9.17, 15) is 9.18 Å². The Morgan fingerprint density at radius 2 is 2.09 bits per heavy atom. The lowest BCUT2D eigenvalue weighted by atomic mass is 10.3. The molecule has 0 fully saturated rings. The van der Waals surface area contributed by atoms with Gasteiger partial charge in [0.05, 0.1) is 0 Å². The van der Waals surface area contributed by atoms with Crippen molar-refractivity contribution in [2.75, 3.05) is 5.73 Å². The van der Waals surface area contributed by atoms with E-state index in [4.69, 9.17) is 10.6 Å². The van der Waals surface area contributed by atoms with Gasteiger partial charge in [-0.2, -0.15) is 9.37 Å². The van der Waals surface area contributed by atoms with Gasteiger partial charge in [0.2, 0.25) is 5.95 Å². The normalized spacial score (nSPS) is 11.2. The third-order valence-electron chi connectivity index (χ3n) is 3.17. The van der Waals surface area contributed by atoms with Gasteiger partial charge >= 0.3 is 5.97 Å². The molecule has 0 bridgehead atoms. The van der Waals surface area contributed by atoms with Crippen molar-refractivity contribution in [3.05, 3.63) is 48.0 Å². The first-order chi connectivity index (χ1) is 11.1. The second-order valence-electron chi connectivity index (χ2n) is 4.61. The summed E-state index contributed by atoms with van der Waals surface area (Å²) >= 11 is 0. The van der Waals surface area contributed by atoms with Gasteiger partial charge < -0.3 is 10.6 Å². The lowest BCUT2D eigenvalue weighted by molar-refractivity contribution is 0.0412. The van der Waals surface area contributed by atoms with Gasteiger partial charge in [-0.3, -0.25) is 0 Å². The summed E-state index contributed by atoms with van der Waals surface area (Å²) in [5, 5.41) is 11.5. The topological polar surface area (TPSA) is 113 Å². The van der Waals surface area contributed by atoms with E-state index in [-0.39, 0.29) is 17.0 Å². The van der Waals surface area contributed by atoms with E-state index in [1.807, 2.05) is 0 Å². The largest absolute Gasteiger partial charge is 0.381 e. The molecule has 0 aliphatic carbocycles. The van der Waals surface area contributed by atoms with E-state index in [0.717, 1.165) is 10.9 Å². The Morgan fingerprint density at radius 3 is 2.96 bits per heavy atom. The Balaban J connectivity index is 1.78. The van der Waals surface area contributed by atoms with Crippen molar-refractivity contribution in [3.63, 3.8) is 0 Å². The summed E-state index contributed by atoms with van der Waals surface area (Å²) in [4.78, 5) is 22.1. The fourth-order valence-corrected chi connectivity index (χ4v) is 2.16. The molecule has 10 heteroatoms. The Bertz CT molecular complexity index is 1060. The van der Waals surface area contributed by atoms with Gasteiger partial charge in [-0.15, -0.1) is 10.2 Å². The number of para-hydroxylation sites is 1. The fourth-order valence-electron chi connectivity index (χ4n) is 2.16. The van der Waals surface area contributed by atoms with Gasteiger partial charge in [0, 0.05) is 12.3 Å². The molecule has 4 aromatic rings. The van der Waals surface area contributed by atoms with Crippen LogP contribution in [0.3, 0.4) is 0 Å². The molecule has 0 spiro atoms. The van der Waals surface area contributed by atoms with E-state index in [2.05, 4.69) is 20.4 Å². The monoisotopic (exact) mass is 313 g/mol. The Labute approximate surface area is 127 Å². The van der Waals surface area contributed by atoms with Crippen molar-refractivity contribution in [1.29, 1.82) is 0 Å². The van der Waals surface area contributed by atoms with Crippen LogP contribution in [0.2, 0.25) is 0 Å². The molecule has 114 valence electrons. The number of hydrogen-bond acceptors (Lipinski definition) is 7. The highest BCUT2D eigenvalue weighted by Gasteiger charge is 2.23. The first-order valence-corrected chi connectivity index (χ1v) is 6.47. The van der Waals surface area contributed by atoms with Gasteiger partial charge in [0.15, 0.2) is 17.0 Å². The number of benzene rings is 1. The number of nitrogens with two attached hydrogens (primary N) is 1. The third-order valence-corrected chi connectivity index (χ3v) is 3.17. The van der Waals surface area contributed by atoms with Crippen molar-refractivity contribution in [3.8, 4) is 0 Å². The number of carbonyl (C=O) groups excluding carboxylic acids is 1. The average molecular weight is 313 g/mol. The zero-order chi connectivity index (χ0) is 16.0. The molecule has 0 aliphatic rings. The molecule has 0 saturated heterocycles. The summed E-state index contributed by atoms with van der Waals surface area (Å²) in [6, 6.07) is 8.02. The van der Waals surface area contributed by atoms with E-state index in [1.54, 1.807) is 24.3 Å². The standard InChI is InChI=1S/C13H8FN7O2/c14-9-5-6-20-12(16-9)10(11(15)18-20)13(22)23-21-8-4-2-1-3-7(8)17-19-21/h1-6H,(H2,15,18). The summed E-state index contributed by atoms with van der Waals surface area (Å²) in [6.45, 7) is 0. The Kier molecular flexibility index (Phi) is 2.70. The third kappa shape index (κ3) is 2.04. The molecule has 0 atom stereocenters. The minimum absolute atomic E-state index is 0.0445. The first-order valence-electron chi connectivity index (χ1n) is 6.47. The molecule has 2 N–H and O–H groups in total. The zero-order valence-corrected chi connectivity index (χ0v) is 11.4. The van der Waals surface area contributed by atoms with Crippen LogP contribution in [0, 0.1) is 5.95 Å². The predicted octanol–water partition coefficient (Wildman–Crippen LogP) is 0.464. The van der Waals surface area contributed by atoms with Crippen LogP contribution in [0.15, 0.2) is 36.5 Å². The highest BCUT2D eigenvalue weighted by atomic mass is 19.1. The van der Waals surface area contributed by atoms with Gasteiger partial charge in [-0.1, -0.05) is 17.0 Å². The van der Waals surface area contributed by atoms with Crippen LogP contribution in [-0.2, 0) is 0 Å². The summed E-state index contributed by atoms with van der Waals surface area (Å²) in [5.41, 5.74) is 6.56. The number of carbonyl (C=O) groups is 1. The number of halogens is 1. The molecule has 0 unspecified atom stereocenters. The van der Waals surface area contributed by atoms with E-state index >= 15 is 0 Å².